The Morgan fingerprint density at radius 2 is 2.00 bits per heavy atom. The minimum atomic E-state index is 0.0661. The van der Waals surface area contributed by atoms with Crippen molar-refractivity contribution >= 4 is 17.7 Å². The maximum atomic E-state index is 12.0. The third-order valence-electron chi connectivity index (χ3n) is 3.58. The molecule has 1 heterocycles. The average molecular weight is 349 g/mol. The van der Waals surface area contributed by atoms with Gasteiger partial charge in [-0.15, -0.1) is 10.2 Å². The Morgan fingerprint density at radius 1 is 1.25 bits per heavy atom. The third-order valence-corrected chi connectivity index (χ3v) is 4.38. The van der Waals surface area contributed by atoms with Gasteiger partial charge in [0.05, 0.1) is 5.75 Å². The molecule has 2 aromatic rings. The quantitative estimate of drug-likeness (QED) is 0.682. The largest absolute Gasteiger partial charge is 0.484 e. The fourth-order valence-corrected chi connectivity index (χ4v) is 2.83. The van der Waals surface area contributed by atoms with Crippen LogP contribution >= 0.6 is 11.8 Å². The Kier molecular flexibility index (Phi) is 6.66. The molecule has 0 aliphatic carbocycles. The zero-order valence-electron chi connectivity index (χ0n) is 14.5. The molecule has 0 radical (unpaired) electrons. The maximum absolute atomic E-state index is 12.0. The highest BCUT2D eigenvalue weighted by atomic mass is 32.2. The van der Waals surface area contributed by atoms with Crippen LogP contribution in [0.2, 0.25) is 0 Å². The highest BCUT2D eigenvalue weighted by Gasteiger charge is 2.13. The van der Waals surface area contributed by atoms with Crippen LogP contribution in [0.4, 0.5) is 0 Å². The van der Waals surface area contributed by atoms with Gasteiger partial charge < -0.3 is 14.1 Å². The number of ether oxygens (including phenoxy) is 1. The summed E-state index contributed by atoms with van der Waals surface area (Å²) in [6.45, 7) is 9.54. The van der Waals surface area contributed by atoms with E-state index < -0.39 is 0 Å². The van der Waals surface area contributed by atoms with Crippen molar-refractivity contribution in [3.05, 3.63) is 35.2 Å². The second kappa shape index (κ2) is 8.73. The van der Waals surface area contributed by atoms with Gasteiger partial charge in [0, 0.05) is 13.1 Å². The highest BCUT2D eigenvalue weighted by molar-refractivity contribution is 7.99. The number of aryl methyl sites for hydroxylation is 2. The Labute approximate surface area is 146 Å². The van der Waals surface area contributed by atoms with Crippen molar-refractivity contribution in [1.82, 2.24) is 15.1 Å². The normalized spacial score (nSPS) is 10.7. The van der Waals surface area contributed by atoms with E-state index >= 15 is 0 Å². The number of aromatic nitrogens is 2. The number of nitrogens with zero attached hydrogens (tertiary/aromatic N) is 3. The van der Waals surface area contributed by atoms with Crippen LogP contribution in [-0.2, 0) is 11.4 Å². The van der Waals surface area contributed by atoms with Crippen molar-refractivity contribution in [2.24, 2.45) is 0 Å². The van der Waals surface area contributed by atoms with E-state index in [1.807, 2.05) is 45.9 Å². The summed E-state index contributed by atoms with van der Waals surface area (Å²) < 4.78 is 11.3. The number of hydrogen-bond acceptors (Lipinski definition) is 6. The Balaban J connectivity index is 1.87. The van der Waals surface area contributed by atoms with Gasteiger partial charge in [-0.3, -0.25) is 4.79 Å². The third kappa shape index (κ3) is 4.99. The highest BCUT2D eigenvalue weighted by Crippen LogP contribution is 2.21. The fraction of sp³-hybridized carbons (Fsp3) is 0.471. The molecule has 0 atom stereocenters. The van der Waals surface area contributed by atoms with Gasteiger partial charge in [-0.25, -0.2) is 0 Å². The predicted molar refractivity (Wildman–Crippen MR) is 93.2 cm³/mol. The molecule has 0 unspecified atom stereocenters. The first-order valence-electron chi connectivity index (χ1n) is 7.96. The number of carbonyl (C=O) groups excluding carboxylic acids is 1. The molecule has 0 saturated heterocycles. The lowest BCUT2D eigenvalue weighted by atomic mass is 10.1. The van der Waals surface area contributed by atoms with Crippen molar-refractivity contribution < 1.29 is 13.9 Å². The monoisotopic (exact) mass is 349 g/mol. The van der Waals surface area contributed by atoms with Crippen molar-refractivity contribution in [1.29, 1.82) is 0 Å². The molecule has 1 aromatic carbocycles. The summed E-state index contributed by atoms with van der Waals surface area (Å²) in [4.78, 5) is 13.7. The molecule has 0 aliphatic rings. The van der Waals surface area contributed by atoms with Crippen LogP contribution in [0.25, 0.3) is 0 Å². The van der Waals surface area contributed by atoms with Crippen LogP contribution in [0.15, 0.2) is 27.8 Å². The molecule has 0 fully saturated rings. The van der Waals surface area contributed by atoms with E-state index in [1.165, 1.54) is 11.8 Å². The van der Waals surface area contributed by atoms with Gasteiger partial charge >= 0.3 is 0 Å². The summed E-state index contributed by atoms with van der Waals surface area (Å²) in [6, 6.07) is 6.03. The first kappa shape index (κ1) is 18.3. The van der Waals surface area contributed by atoms with Gasteiger partial charge in [-0.05, 0) is 44.9 Å². The van der Waals surface area contributed by atoms with E-state index in [4.69, 9.17) is 9.15 Å². The summed E-state index contributed by atoms with van der Waals surface area (Å²) >= 11 is 1.25. The van der Waals surface area contributed by atoms with E-state index in [0.29, 0.717) is 30.0 Å². The van der Waals surface area contributed by atoms with E-state index in [1.54, 1.807) is 4.90 Å². The molecular weight excluding hydrogens is 326 g/mol. The first-order valence-corrected chi connectivity index (χ1v) is 8.95. The van der Waals surface area contributed by atoms with Crippen molar-refractivity contribution in [2.45, 2.75) is 39.5 Å². The van der Waals surface area contributed by atoms with Crippen LogP contribution in [0.3, 0.4) is 0 Å². The number of amides is 1. The molecule has 0 N–H and O–H groups in total. The molecule has 24 heavy (non-hydrogen) atoms. The second-order valence-electron chi connectivity index (χ2n) is 5.37. The molecule has 1 aromatic heterocycles. The maximum Gasteiger partial charge on any atom is 0.277 e. The van der Waals surface area contributed by atoms with Gasteiger partial charge in [-0.1, -0.05) is 23.9 Å². The van der Waals surface area contributed by atoms with Crippen molar-refractivity contribution in [3.63, 3.8) is 0 Å². The molecule has 7 heteroatoms. The van der Waals surface area contributed by atoms with E-state index in [9.17, 15) is 4.79 Å². The summed E-state index contributed by atoms with van der Waals surface area (Å²) in [5.41, 5.74) is 2.19. The zero-order valence-corrected chi connectivity index (χ0v) is 15.4. The SMILES string of the molecule is CCN(CC)C(=O)CSc1nnc(COc2cc(C)ccc2C)o1. The lowest BCUT2D eigenvalue weighted by molar-refractivity contribution is -0.127. The summed E-state index contributed by atoms with van der Waals surface area (Å²) in [7, 11) is 0. The molecule has 1 amide bonds. The number of rotatable bonds is 8. The lowest BCUT2D eigenvalue weighted by Crippen LogP contribution is -2.31. The molecule has 6 nitrogen and oxygen atoms in total. The Morgan fingerprint density at radius 3 is 2.71 bits per heavy atom. The Hall–Kier alpha value is -2.02. The molecule has 2 rings (SSSR count). The van der Waals surface area contributed by atoms with Crippen LogP contribution in [0.1, 0.15) is 30.9 Å². The molecule has 0 spiro atoms. The van der Waals surface area contributed by atoms with Gasteiger partial charge in [0.1, 0.15) is 5.75 Å². The minimum absolute atomic E-state index is 0.0661. The number of benzene rings is 1. The number of carbonyl (C=O) groups is 1. The van der Waals surface area contributed by atoms with Gasteiger partial charge in [-0.2, -0.15) is 0 Å². The van der Waals surface area contributed by atoms with Crippen LogP contribution in [0.5, 0.6) is 5.75 Å². The zero-order chi connectivity index (χ0) is 17.5. The van der Waals surface area contributed by atoms with Crippen molar-refractivity contribution in [2.75, 3.05) is 18.8 Å². The second-order valence-corrected chi connectivity index (χ2v) is 6.30. The smallest absolute Gasteiger partial charge is 0.277 e. The average Bonchev–Trinajstić information content (AvgIpc) is 3.03. The summed E-state index contributed by atoms with van der Waals surface area (Å²) in [5, 5.41) is 8.29. The van der Waals surface area contributed by atoms with E-state index in [0.717, 1.165) is 16.9 Å². The Bertz CT molecular complexity index is 683. The van der Waals surface area contributed by atoms with Crippen LogP contribution in [-0.4, -0.2) is 39.8 Å². The molecule has 130 valence electrons. The fourth-order valence-electron chi connectivity index (χ4n) is 2.15. The molecule has 0 aliphatic heterocycles. The lowest BCUT2D eigenvalue weighted by Gasteiger charge is -2.17. The van der Waals surface area contributed by atoms with Gasteiger partial charge in [0.2, 0.25) is 5.91 Å². The predicted octanol–water partition coefficient (Wildman–Crippen LogP) is 3.23. The number of thioether (sulfide) groups is 1. The number of hydrogen-bond donors (Lipinski definition) is 0. The topological polar surface area (TPSA) is 68.5 Å². The summed E-state index contributed by atoms with van der Waals surface area (Å²) in [5.74, 6) is 1.56. The van der Waals surface area contributed by atoms with Gasteiger partial charge in [0.25, 0.3) is 11.1 Å². The summed E-state index contributed by atoms with van der Waals surface area (Å²) in [6.07, 6.45) is 0. The first-order chi connectivity index (χ1) is 11.5. The van der Waals surface area contributed by atoms with Crippen LogP contribution in [0, 0.1) is 13.8 Å². The molecular formula is C17H23N3O3S. The molecule has 0 saturated carbocycles. The minimum Gasteiger partial charge on any atom is -0.484 e. The van der Waals surface area contributed by atoms with E-state index in [-0.39, 0.29) is 12.5 Å². The molecule has 0 bridgehead atoms. The van der Waals surface area contributed by atoms with Crippen molar-refractivity contribution in [3.8, 4) is 5.75 Å². The van der Waals surface area contributed by atoms with Gasteiger partial charge in [0.15, 0.2) is 6.61 Å². The van der Waals surface area contributed by atoms with Crippen LogP contribution < -0.4 is 4.74 Å². The van der Waals surface area contributed by atoms with E-state index in [2.05, 4.69) is 10.2 Å². The standard InChI is InChI=1S/C17H23N3O3S/c1-5-20(6-2)16(21)11-24-17-19-18-15(23-17)10-22-14-9-12(3)7-8-13(14)4/h7-9H,5-6,10-11H2,1-4H3.